The second-order valence-corrected chi connectivity index (χ2v) is 6.49. The van der Waals surface area contributed by atoms with Crippen molar-refractivity contribution >= 4 is 22.9 Å². The third-order valence-corrected chi connectivity index (χ3v) is 4.79. The van der Waals surface area contributed by atoms with Gasteiger partial charge in [-0.05, 0) is 30.6 Å². The van der Waals surface area contributed by atoms with Gasteiger partial charge < -0.3 is 0 Å². The van der Waals surface area contributed by atoms with E-state index in [9.17, 15) is 0 Å². The first-order valence-electron chi connectivity index (χ1n) is 5.61. The van der Waals surface area contributed by atoms with Crippen molar-refractivity contribution in [1.29, 1.82) is 0 Å². The Balaban J connectivity index is 1.98. The summed E-state index contributed by atoms with van der Waals surface area (Å²) in [6, 6.07) is 0. The zero-order chi connectivity index (χ0) is 9.31. The molecule has 2 atom stereocenters. The fourth-order valence-electron chi connectivity index (χ4n) is 2.94. The molecule has 1 aliphatic carbocycles. The lowest BCUT2D eigenvalue weighted by Crippen LogP contribution is -2.22. The van der Waals surface area contributed by atoms with E-state index in [1.807, 2.05) is 0 Å². The van der Waals surface area contributed by atoms with Gasteiger partial charge in [-0.1, -0.05) is 26.2 Å². The van der Waals surface area contributed by atoms with Crippen molar-refractivity contribution in [3.8, 4) is 0 Å². The second kappa shape index (κ2) is 4.05. The largest absolute Gasteiger partial charge is 0.247 e. The molecule has 2 aliphatic rings. The third-order valence-electron chi connectivity index (χ3n) is 3.96. The Morgan fingerprint density at radius 1 is 1.23 bits per heavy atom. The van der Waals surface area contributed by atoms with Gasteiger partial charge in [0.05, 0.1) is 0 Å². The maximum absolute atomic E-state index is 2.50. The minimum atomic E-state index is 0.728. The highest BCUT2D eigenvalue weighted by molar-refractivity contribution is 14.1. The van der Waals surface area contributed by atoms with Gasteiger partial charge in [-0.2, -0.15) is 0 Å². The minimum Gasteiger partial charge on any atom is -0.247 e. The van der Waals surface area contributed by atoms with Crippen LogP contribution in [0.1, 0.15) is 45.4 Å². The highest BCUT2D eigenvalue weighted by atomic mass is 127. The van der Waals surface area contributed by atoms with Gasteiger partial charge in [-0.25, -0.2) is 3.11 Å². The monoisotopic (exact) mass is 293 g/mol. The van der Waals surface area contributed by atoms with E-state index in [0.29, 0.717) is 0 Å². The molecule has 1 saturated carbocycles. The summed E-state index contributed by atoms with van der Waals surface area (Å²) in [5, 5.41) is 0. The van der Waals surface area contributed by atoms with E-state index in [2.05, 4.69) is 32.9 Å². The van der Waals surface area contributed by atoms with E-state index in [4.69, 9.17) is 0 Å². The van der Waals surface area contributed by atoms with E-state index in [0.717, 1.165) is 11.3 Å². The van der Waals surface area contributed by atoms with Gasteiger partial charge in [0.25, 0.3) is 0 Å². The van der Waals surface area contributed by atoms with Gasteiger partial charge in [-0.3, -0.25) is 0 Å². The molecule has 1 spiro atoms. The molecule has 1 aliphatic heterocycles. The molecule has 2 rings (SSSR count). The topological polar surface area (TPSA) is 3.24 Å². The van der Waals surface area contributed by atoms with E-state index in [1.54, 1.807) is 0 Å². The number of hydrogen-bond donors (Lipinski definition) is 0. The van der Waals surface area contributed by atoms with Crippen LogP contribution in [0, 0.1) is 11.3 Å². The van der Waals surface area contributed by atoms with Crippen LogP contribution in [-0.2, 0) is 0 Å². The molecule has 76 valence electrons. The van der Waals surface area contributed by atoms with Gasteiger partial charge in [0.2, 0.25) is 0 Å². The van der Waals surface area contributed by atoms with Crippen molar-refractivity contribution in [3.05, 3.63) is 0 Å². The zero-order valence-electron chi connectivity index (χ0n) is 8.56. The Kier molecular flexibility index (Phi) is 3.18. The summed E-state index contributed by atoms with van der Waals surface area (Å²) in [4.78, 5) is 0. The van der Waals surface area contributed by atoms with Crippen LogP contribution < -0.4 is 0 Å². The summed E-state index contributed by atoms with van der Waals surface area (Å²) in [5.41, 5.74) is 0.728. The fraction of sp³-hybridized carbons (Fsp3) is 1.00. The lowest BCUT2D eigenvalue weighted by molar-refractivity contribution is 0.264. The predicted octanol–water partition coefficient (Wildman–Crippen LogP) is 3.63. The van der Waals surface area contributed by atoms with Crippen molar-refractivity contribution in [2.75, 3.05) is 13.1 Å². The Bertz CT molecular complexity index is 181. The Morgan fingerprint density at radius 2 is 2.08 bits per heavy atom. The average Bonchev–Trinajstić information content (AvgIpc) is 2.35. The van der Waals surface area contributed by atoms with E-state index in [-0.39, 0.29) is 0 Å². The summed E-state index contributed by atoms with van der Waals surface area (Å²) in [6.45, 7) is 5.12. The lowest BCUT2D eigenvalue weighted by atomic mass is 9.79. The molecule has 2 fully saturated rings. The molecule has 0 N–H and O–H groups in total. The first-order valence-corrected chi connectivity index (χ1v) is 6.57. The molecular formula is C11H20IN. The summed E-state index contributed by atoms with van der Waals surface area (Å²) in [6.07, 6.45) is 8.88. The maximum atomic E-state index is 2.50. The van der Waals surface area contributed by atoms with Crippen LogP contribution in [0.15, 0.2) is 0 Å². The summed E-state index contributed by atoms with van der Waals surface area (Å²) in [7, 11) is 0. The van der Waals surface area contributed by atoms with Crippen molar-refractivity contribution in [2.24, 2.45) is 11.3 Å². The summed E-state index contributed by atoms with van der Waals surface area (Å²) >= 11 is 2.50. The molecule has 0 bridgehead atoms. The Morgan fingerprint density at radius 3 is 2.77 bits per heavy atom. The number of halogens is 1. The van der Waals surface area contributed by atoms with Gasteiger partial charge in [0.1, 0.15) is 0 Å². The van der Waals surface area contributed by atoms with Gasteiger partial charge >= 0.3 is 0 Å². The molecule has 1 nitrogen and oxygen atoms in total. The second-order valence-electron chi connectivity index (χ2n) is 5.13. The van der Waals surface area contributed by atoms with Crippen LogP contribution >= 0.6 is 22.9 Å². The Labute approximate surface area is 95.8 Å². The molecule has 0 aromatic heterocycles. The van der Waals surface area contributed by atoms with Crippen LogP contribution in [0.5, 0.6) is 0 Å². The Hall–Kier alpha value is 0.690. The smallest absolute Gasteiger partial charge is 0.0201 e. The molecule has 0 aromatic carbocycles. The normalized spacial score (nSPS) is 42.5. The van der Waals surface area contributed by atoms with Gasteiger partial charge in [0.15, 0.2) is 0 Å². The van der Waals surface area contributed by atoms with Crippen LogP contribution in [-0.4, -0.2) is 16.2 Å². The third kappa shape index (κ3) is 2.38. The molecule has 0 aromatic rings. The van der Waals surface area contributed by atoms with Crippen molar-refractivity contribution < 1.29 is 0 Å². The van der Waals surface area contributed by atoms with Crippen LogP contribution in [0.3, 0.4) is 0 Å². The molecule has 0 amide bonds. The molecular weight excluding hydrogens is 273 g/mol. The quantitative estimate of drug-likeness (QED) is 0.487. The molecule has 1 heterocycles. The summed E-state index contributed by atoms with van der Waals surface area (Å²) in [5.74, 6) is 0.989. The zero-order valence-corrected chi connectivity index (χ0v) is 10.7. The van der Waals surface area contributed by atoms with Gasteiger partial charge in [0, 0.05) is 36.0 Å². The molecule has 2 unspecified atom stereocenters. The first-order chi connectivity index (χ1) is 6.20. The fourth-order valence-corrected chi connectivity index (χ4v) is 3.90. The molecule has 2 heteroatoms. The predicted molar refractivity (Wildman–Crippen MR) is 64.9 cm³/mol. The minimum absolute atomic E-state index is 0.728. The molecule has 0 radical (unpaired) electrons. The maximum Gasteiger partial charge on any atom is 0.0201 e. The van der Waals surface area contributed by atoms with Crippen molar-refractivity contribution in [1.82, 2.24) is 3.11 Å². The van der Waals surface area contributed by atoms with Gasteiger partial charge in [-0.15, -0.1) is 0 Å². The molecule has 1 saturated heterocycles. The SMILES string of the molecule is CC1CCCC2(CC1)CCN(I)C2. The van der Waals surface area contributed by atoms with Crippen LogP contribution in [0.2, 0.25) is 0 Å². The van der Waals surface area contributed by atoms with E-state index >= 15 is 0 Å². The van der Waals surface area contributed by atoms with E-state index < -0.39 is 0 Å². The molecule has 13 heavy (non-hydrogen) atoms. The highest BCUT2D eigenvalue weighted by Crippen LogP contribution is 2.44. The van der Waals surface area contributed by atoms with Crippen molar-refractivity contribution in [2.45, 2.75) is 45.4 Å². The standard InChI is InChI=1S/C11H20IN/c1-10-3-2-5-11(6-4-10)7-8-13(12)9-11/h10H,2-9H2,1H3. The number of hydrogen-bond acceptors (Lipinski definition) is 1. The van der Waals surface area contributed by atoms with Crippen LogP contribution in [0.25, 0.3) is 0 Å². The van der Waals surface area contributed by atoms with Crippen LogP contribution in [0.4, 0.5) is 0 Å². The highest BCUT2D eigenvalue weighted by Gasteiger charge is 2.37. The summed E-state index contributed by atoms with van der Waals surface area (Å²) < 4.78 is 2.49. The van der Waals surface area contributed by atoms with Crippen molar-refractivity contribution in [3.63, 3.8) is 0 Å². The first kappa shape index (κ1) is 10.2. The number of nitrogens with zero attached hydrogens (tertiary/aromatic N) is 1. The van der Waals surface area contributed by atoms with E-state index in [1.165, 1.54) is 51.6 Å². The average molecular weight is 293 g/mol. The lowest BCUT2D eigenvalue weighted by Gasteiger charge is -2.26. The number of rotatable bonds is 0.